The number of aryl methyl sites for hydroxylation is 1. The molecule has 1 N–H and O–H groups in total. The molecule has 0 fully saturated rings. The van der Waals surface area contributed by atoms with Crippen molar-refractivity contribution in [3.63, 3.8) is 0 Å². The highest BCUT2D eigenvalue weighted by Crippen LogP contribution is 2.26. The van der Waals surface area contributed by atoms with Crippen molar-refractivity contribution >= 4 is 37.5 Å². The quantitative estimate of drug-likeness (QED) is 0.583. The molecule has 0 atom stereocenters. The minimum Gasteiger partial charge on any atom is -0.422 e. The predicted octanol–water partition coefficient (Wildman–Crippen LogP) is 2.63. The molecule has 0 saturated heterocycles. The zero-order valence-electron chi connectivity index (χ0n) is 11.5. The van der Waals surface area contributed by atoms with Gasteiger partial charge in [0.05, 0.1) is 17.3 Å². The van der Waals surface area contributed by atoms with Gasteiger partial charge >= 0.3 is 5.63 Å². The summed E-state index contributed by atoms with van der Waals surface area (Å²) in [5, 5.41) is 2.08. The first-order chi connectivity index (χ1) is 9.83. The van der Waals surface area contributed by atoms with E-state index in [-0.39, 0.29) is 0 Å². The van der Waals surface area contributed by atoms with Crippen molar-refractivity contribution in [3.05, 3.63) is 52.4 Å². The molecule has 0 spiro atoms. The van der Waals surface area contributed by atoms with Gasteiger partial charge in [-0.3, -0.25) is 4.72 Å². The van der Waals surface area contributed by atoms with Crippen LogP contribution in [-0.4, -0.2) is 14.7 Å². The Labute approximate surface area is 121 Å². The largest absolute Gasteiger partial charge is 0.422 e. The summed E-state index contributed by atoms with van der Waals surface area (Å²) in [5.74, 6) is 0. The summed E-state index contributed by atoms with van der Waals surface area (Å²) in [6.45, 7) is 1.90. The number of rotatable bonds is 2. The third-order valence-electron chi connectivity index (χ3n) is 3.17. The highest BCUT2D eigenvalue weighted by molar-refractivity contribution is 7.92. The van der Waals surface area contributed by atoms with Crippen LogP contribution < -0.4 is 10.3 Å². The van der Waals surface area contributed by atoms with E-state index in [0.29, 0.717) is 16.7 Å². The Morgan fingerprint density at radius 3 is 2.43 bits per heavy atom. The summed E-state index contributed by atoms with van der Waals surface area (Å²) in [6, 6.07) is 10.5. The third kappa shape index (κ3) is 2.62. The zero-order chi connectivity index (χ0) is 15.2. The Kier molecular flexibility index (Phi) is 2.98. The second kappa shape index (κ2) is 4.60. The van der Waals surface area contributed by atoms with E-state index in [9.17, 15) is 13.2 Å². The number of anilines is 1. The molecule has 0 amide bonds. The molecule has 6 heteroatoms. The van der Waals surface area contributed by atoms with E-state index in [1.807, 2.05) is 19.1 Å². The van der Waals surface area contributed by atoms with Crippen LogP contribution in [0.5, 0.6) is 0 Å². The van der Waals surface area contributed by atoms with Gasteiger partial charge in [0.25, 0.3) is 0 Å². The first kappa shape index (κ1) is 13.6. The Hall–Kier alpha value is -2.34. The van der Waals surface area contributed by atoms with Gasteiger partial charge in [-0.2, -0.15) is 0 Å². The van der Waals surface area contributed by atoms with Crippen LogP contribution in [0.15, 0.2) is 45.6 Å². The molecule has 3 aromatic rings. The first-order valence-corrected chi connectivity index (χ1v) is 8.18. The van der Waals surface area contributed by atoms with Crippen LogP contribution in [0.3, 0.4) is 0 Å². The lowest BCUT2D eigenvalue weighted by Gasteiger charge is -2.07. The topological polar surface area (TPSA) is 76.4 Å². The molecule has 0 aliphatic carbocycles. The Morgan fingerprint density at radius 2 is 1.71 bits per heavy atom. The third-order valence-corrected chi connectivity index (χ3v) is 3.78. The molecular weight excluding hydrogens is 290 g/mol. The van der Waals surface area contributed by atoms with Crippen molar-refractivity contribution in [3.8, 4) is 0 Å². The molecule has 0 aliphatic heterocycles. The summed E-state index contributed by atoms with van der Waals surface area (Å²) < 4.78 is 30.2. The van der Waals surface area contributed by atoms with Crippen LogP contribution in [0.25, 0.3) is 21.7 Å². The Balaban J connectivity index is 2.31. The molecule has 5 nitrogen and oxygen atoms in total. The number of nitrogens with one attached hydrogen (secondary N) is 1. The lowest BCUT2D eigenvalue weighted by Crippen LogP contribution is -2.09. The van der Waals surface area contributed by atoms with Gasteiger partial charge in [-0.05, 0) is 30.5 Å². The van der Waals surface area contributed by atoms with Gasteiger partial charge in [0.1, 0.15) is 5.58 Å². The van der Waals surface area contributed by atoms with Gasteiger partial charge < -0.3 is 4.42 Å². The fourth-order valence-corrected chi connectivity index (χ4v) is 2.88. The molecule has 21 heavy (non-hydrogen) atoms. The van der Waals surface area contributed by atoms with Crippen LogP contribution in [0, 0.1) is 6.92 Å². The van der Waals surface area contributed by atoms with E-state index in [1.165, 1.54) is 6.07 Å². The molecule has 108 valence electrons. The minimum atomic E-state index is -3.37. The SMILES string of the molecule is Cc1ccc2c(c1)c(=O)oc1cc(NS(C)(=O)=O)ccc12. The van der Waals surface area contributed by atoms with Crippen LogP contribution in [-0.2, 0) is 10.0 Å². The highest BCUT2D eigenvalue weighted by atomic mass is 32.2. The Bertz CT molecular complexity index is 1020. The van der Waals surface area contributed by atoms with Gasteiger partial charge in [0.15, 0.2) is 0 Å². The smallest absolute Gasteiger partial charge is 0.344 e. The van der Waals surface area contributed by atoms with Crippen LogP contribution in [0.4, 0.5) is 5.69 Å². The van der Waals surface area contributed by atoms with E-state index in [1.54, 1.807) is 18.2 Å². The number of fused-ring (bicyclic) bond motifs is 3. The normalized spacial score (nSPS) is 11.9. The molecular formula is C15H13NO4S. The maximum atomic E-state index is 12.0. The average molecular weight is 303 g/mol. The second-order valence-corrected chi connectivity index (χ2v) is 6.77. The van der Waals surface area contributed by atoms with Crippen molar-refractivity contribution in [2.45, 2.75) is 6.92 Å². The molecule has 0 saturated carbocycles. The summed E-state index contributed by atoms with van der Waals surface area (Å²) in [4.78, 5) is 12.0. The molecule has 0 bridgehead atoms. The molecule has 0 radical (unpaired) electrons. The molecule has 0 unspecified atom stereocenters. The Morgan fingerprint density at radius 1 is 1.00 bits per heavy atom. The van der Waals surface area contributed by atoms with Gasteiger partial charge in [-0.15, -0.1) is 0 Å². The van der Waals surface area contributed by atoms with E-state index in [4.69, 9.17) is 4.42 Å². The maximum Gasteiger partial charge on any atom is 0.344 e. The van der Waals surface area contributed by atoms with Crippen molar-refractivity contribution in [1.82, 2.24) is 0 Å². The van der Waals surface area contributed by atoms with Gasteiger partial charge in [-0.25, -0.2) is 13.2 Å². The summed E-state index contributed by atoms with van der Waals surface area (Å²) >= 11 is 0. The average Bonchev–Trinajstić information content (AvgIpc) is 2.37. The van der Waals surface area contributed by atoms with Crippen LogP contribution >= 0.6 is 0 Å². The lowest BCUT2D eigenvalue weighted by molar-refractivity contribution is 0.570. The summed E-state index contributed by atoms with van der Waals surface area (Å²) in [5.41, 5.74) is 1.26. The van der Waals surface area contributed by atoms with E-state index >= 15 is 0 Å². The fourth-order valence-electron chi connectivity index (χ4n) is 2.32. The van der Waals surface area contributed by atoms with E-state index < -0.39 is 15.6 Å². The predicted molar refractivity (Wildman–Crippen MR) is 83.2 cm³/mol. The van der Waals surface area contributed by atoms with Gasteiger partial charge in [0.2, 0.25) is 10.0 Å². The number of sulfonamides is 1. The fraction of sp³-hybridized carbons (Fsp3) is 0.133. The van der Waals surface area contributed by atoms with Crippen molar-refractivity contribution in [1.29, 1.82) is 0 Å². The molecule has 3 rings (SSSR count). The van der Waals surface area contributed by atoms with Crippen molar-refractivity contribution < 1.29 is 12.8 Å². The zero-order valence-corrected chi connectivity index (χ0v) is 12.3. The summed E-state index contributed by atoms with van der Waals surface area (Å²) in [7, 11) is -3.37. The highest BCUT2D eigenvalue weighted by Gasteiger charge is 2.09. The maximum absolute atomic E-state index is 12.0. The van der Waals surface area contributed by atoms with E-state index in [0.717, 1.165) is 22.6 Å². The molecule has 0 aliphatic rings. The second-order valence-electron chi connectivity index (χ2n) is 5.02. The number of hydrogen-bond donors (Lipinski definition) is 1. The van der Waals surface area contributed by atoms with Gasteiger partial charge in [-0.1, -0.05) is 17.7 Å². The van der Waals surface area contributed by atoms with Crippen LogP contribution in [0.2, 0.25) is 0 Å². The van der Waals surface area contributed by atoms with Crippen molar-refractivity contribution in [2.75, 3.05) is 11.0 Å². The van der Waals surface area contributed by atoms with Crippen LogP contribution in [0.1, 0.15) is 5.56 Å². The minimum absolute atomic E-state index is 0.352. The molecule has 1 aromatic heterocycles. The monoisotopic (exact) mass is 303 g/mol. The van der Waals surface area contributed by atoms with E-state index in [2.05, 4.69) is 4.72 Å². The molecule has 1 heterocycles. The number of benzene rings is 2. The number of hydrogen-bond acceptors (Lipinski definition) is 4. The first-order valence-electron chi connectivity index (χ1n) is 6.28. The lowest BCUT2D eigenvalue weighted by atomic mass is 10.1. The summed E-state index contributed by atoms with van der Waals surface area (Å²) in [6.07, 6.45) is 1.07. The molecule has 2 aromatic carbocycles. The van der Waals surface area contributed by atoms with Gasteiger partial charge in [0, 0.05) is 11.5 Å². The standard InChI is InChI=1S/C15H13NO4S/c1-9-3-5-11-12-6-4-10(16-21(2,18)19)8-14(12)20-15(17)13(11)7-9/h3-8,16H,1-2H3. The van der Waals surface area contributed by atoms with Crippen molar-refractivity contribution in [2.24, 2.45) is 0 Å².